The highest BCUT2D eigenvalue weighted by molar-refractivity contribution is 7.20. The zero-order valence-electron chi connectivity index (χ0n) is 13.2. The number of thiophene rings is 1. The number of fused-ring (bicyclic) bond motifs is 2. The van der Waals surface area contributed by atoms with E-state index in [0.717, 1.165) is 34.2 Å². The van der Waals surface area contributed by atoms with Gasteiger partial charge in [0, 0.05) is 31.5 Å². The van der Waals surface area contributed by atoms with Crippen LogP contribution in [0.15, 0.2) is 11.1 Å². The number of rotatable bonds is 3. The van der Waals surface area contributed by atoms with Crippen molar-refractivity contribution >= 4 is 39.9 Å². The number of nitrogens with zero attached hydrogens (tertiary/aromatic N) is 3. The Morgan fingerprint density at radius 1 is 1.45 bits per heavy atom. The molecule has 0 aliphatic carbocycles. The minimum absolute atomic E-state index is 0.190. The first kappa shape index (κ1) is 15.1. The van der Waals surface area contributed by atoms with Crippen LogP contribution in [0.5, 0.6) is 0 Å². The number of aliphatic imine (C=N–C) groups is 1. The number of carbonyl (C=O) groups excluding carboxylic acids is 1. The Morgan fingerprint density at radius 3 is 2.91 bits per heavy atom. The summed E-state index contributed by atoms with van der Waals surface area (Å²) in [5.74, 6) is 0. The molecule has 0 saturated heterocycles. The third kappa shape index (κ3) is 2.76. The van der Waals surface area contributed by atoms with Crippen molar-refractivity contribution in [2.75, 3.05) is 14.1 Å². The van der Waals surface area contributed by atoms with Crippen LogP contribution in [0, 0.1) is 0 Å². The number of ether oxygens (including phenoxy) is 1. The molecule has 0 amide bonds. The number of aromatic nitrogens is 1. The maximum absolute atomic E-state index is 11.3. The summed E-state index contributed by atoms with van der Waals surface area (Å²) in [5.41, 5.74) is 2.66. The molecule has 0 saturated carbocycles. The lowest BCUT2D eigenvalue weighted by Crippen LogP contribution is -2.32. The van der Waals surface area contributed by atoms with Crippen LogP contribution in [0.2, 0.25) is 0 Å². The molecule has 0 aromatic carbocycles. The van der Waals surface area contributed by atoms with Crippen LogP contribution in [0.3, 0.4) is 0 Å². The lowest BCUT2D eigenvalue weighted by Gasteiger charge is -2.30. The predicted molar refractivity (Wildman–Crippen MR) is 89.4 cm³/mol. The van der Waals surface area contributed by atoms with Crippen molar-refractivity contribution in [2.45, 2.75) is 32.5 Å². The van der Waals surface area contributed by atoms with E-state index in [4.69, 9.17) is 9.72 Å². The van der Waals surface area contributed by atoms with E-state index in [0.29, 0.717) is 17.2 Å². The van der Waals surface area contributed by atoms with Gasteiger partial charge in [-0.3, -0.25) is 4.79 Å². The molecule has 1 aliphatic heterocycles. The van der Waals surface area contributed by atoms with Crippen molar-refractivity contribution in [1.82, 2.24) is 9.88 Å². The van der Waals surface area contributed by atoms with Gasteiger partial charge < -0.3 is 9.64 Å². The van der Waals surface area contributed by atoms with E-state index in [1.54, 1.807) is 6.34 Å². The fraction of sp³-hybridized carbons (Fsp3) is 0.438. The summed E-state index contributed by atoms with van der Waals surface area (Å²) >= 11 is 1.40. The Bertz CT molecular complexity index is 762. The van der Waals surface area contributed by atoms with Gasteiger partial charge in [-0.1, -0.05) is 0 Å². The standard InChI is InChI=1S/C16H19N3O2S/c1-16(2)6-12-10(8-21-16)5-11-14(17-9-19(3)4)13(7-20)22-15(11)18-12/h5,7,9H,6,8H2,1-4H3. The van der Waals surface area contributed by atoms with Gasteiger partial charge in [0.15, 0.2) is 6.29 Å². The van der Waals surface area contributed by atoms with Gasteiger partial charge in [-0.25, -0.2) is 9.98 Å². The summed E-state index contributed by atoms with van der Waals surface area (Å²) < 4.78 is 5.86. The molecular formula is C16H19N3O2S. The second-order valence-corrected chi connectivity index (χ2v) is 7.34. The van der Waals surface area contributed by atoms with Gasteiger partial charge in [0.05, 0.1) is 34.8 Å². The van der Waals surface area contributed by atoms with Gasteiger partial charge in [-0.2, -0.15) is 0 Å². The predicted octanol–water partition coefficient (Wildman–Crippen LogP) is 3.18. The van der Waals surface area contributed by atoms with Crippen LogP contribution in [-0.4, -0.2) is 42.2 Å². The molecule has 2 aromatic rings. The Kier molecular flexibility index (Phi) is 3.74. The number of hydrogen-bond acceptors (Lipinski definition) is 5. The van der Waals surface area contributed by atoms with E-state index in [-0.39, 0.29) is 5.60 Å². The van der Waals surface area contributed by atoms with Gasteiger partial charge in [-0.05, 0) is 19.9 Å². The average Bonchev–Trinajstić information content (AvgIpc) is 2.78. The van der Waals surface area contributed by atoms with Crippen molar-refractivity contribution in [2.24, 2.45) is 4.99 Å². The van der Waals surface area contributed by atoms with E-state index < -0.39 is 0 Å². The zero-order valence-corrected chi connectivity index (χ0v) is 14.0. The molecule has 0 fully saturated rings. The number of aldehydes is 1. The van der Waals surface area contributed by atoms with Crippen molar-refractivity contribution < 1.29 is 9.53 Å². The Morgan fingerprint density at radius 2 is 2.23 bits per heavy atom. The smallest absolute Gasteiger partial charge is 0.162 e. The molecule has 0 unspecified atom stereocenters. The minimum atomic E-state index is -0.190. The van der Waals surface area contributed by atoms with E-state index in [1.165, 1.54) is 11.3 Å². The summed E-state index contributed by atoms with van der Waals surface area (Å²) in [6, 6.07) is 2.07. The quantitative estimate of drug-likeness (QED) is 0.496. The SMILES string of the molecule is CN(C)C=Nc1c(C=O)sc2nc3c(cc12)COC(C)(C)C3. The molecule has 22 heavy (non-hydrogen) atoms. The van der Waals surface area contributed by atoms with Crippen LogP contribution in [-0.2, 0) is 17.8 Å². The summed E-state index contributed by atoms with van der Waals surface area (Å²) in [6.45, 7) is 4.69. The number of carbonyl (C=O) groups is 1. The van der Waals surface area contributed by atoms with Gasteiger partial charge in [-0.15, -0.1) is 11.3 Å². The average molecular weight is 317 g/mol. The van der Waals surface area contributed by atoms with Crippen molar-refractivity contribution in [3.05, 3.63) is 22.2 Å². The van der Waals surface area contributed by atoms with Crippen LogP contribution < -0.4 is 0 Å². The second kappa shape index (κ2) is 5.44. The molecule has 3 rings (SSSR count). The maximum atomic E-state index is 11.3. The van der Waals surface area contributed by atoms with Gasteiger partial charge in [0.2, 0.25) is 0 Å². The molecule has 3 heterocycles. The minimum Gasteiger partial charge on any atom is -0.370 e. The van der Waals surface area contributed by atoms with E-state index in [1.807, 2.05) is 19.0 Å². The third-order valence-corrected chi connectivity index (χ3v) is 4.60. The molecule has 0 spiro atoms. The van der Waals surface area contributed by atoms with Gasteiger partial charge in [0.25, 0.3) is 0 Å². The first-order valence-corrected chi connectivity index (χ1v) is 7.96. The normalized spacial score (nSPS) is 16.9. The number of pyridine rings is 1. The molecule has 2 aromatic heterocycles. The Hall–Kier alpha value is -1.79. The molecule has 6 heteroatoms. The molecule has 0 N–H and O–H groups in total. The highest BCUT2D eigenvalue weighted by Gasteiger charge is 2.28. The summed E-state index contributed by atoms with van der Waals surface area (Å²) in [7, 11) is 3.80. The van der Waals surface area contributed by atoms with E-state index >= 15 is 0 Å². The monoisotopic (exact) mass is 317 g/mol. The Balaban J connectivity index is 2.15. The fourth-order valence-electron chi connectivity index (χ4n) is 2.50. The molecular weight excluding hydrogens is 298 g/mol. The largest absolute Gasteiger partial charge is 0.370 e. The second-order valence-electron chi connectivity index (χ2n) is 6.31. The molecule has 1 aliphatic rings. The van der Waals surface area contributed by atoms with E-state index in [2.05, 4.69) is 24.9 Å². The van der Waals surface area contributed by atoms with Gasteiger partial charge >= 0.3 is 0 Å². The highest BCUT2D eigenvalue weighted by Crippen LogP contribution is 2.38. The van der Waals surface area contributed by atoms with Crippen LogP contribution in [0.25, 0.3) is 10.2 Å². The number of hydrogen-bond donors (Lipinski definition) is 0. The zero-order chi connectivity index (χ0) is 15.9. The van der Waals surface area contributed by atoms with Crippen molar-refractivity contribution in [3.63, 3.8) is 0 Å². The van der Waals surface area contributed by atoms with Crippen LogP contribution >= 0.6 is 11.3 Å². The lowest BCUT2D eigenvalue weighted by molar-refractivity contribution is -0.0411. The summed E-state index contributed by atoms with van der Waals surface area (Å²) in [6.07, 6.45) is 3.34. The summed E-state index contributed by atoms with van der Waals surface area (Å²) in [4.78, 5) is 23.9. The third-order valence-electron chi connectivity index (χ3n) is 3.59. The lowest BCUT2D eigenvalue weighted by atomic mass is 9.95. The first-order valence-electron chi connectivity index (χ1n) is 7.15. The molecule has 0 atom stereocenters. The van der Waals surface area contributed by atoms with Gasteiger partial charge in [0.1, 0.15) is 4.83 Å². The molecule has 116 valence electrons. The Labute approximate surface area is 133 Å². The van der Waals surface area contributed by atoms with Crippen LogP contribution in [0.4, 0.5) is 5.69 Å². The van der Waals surface area contributed by atoms with Crippen molar-refractivity contribution in [3.8, 4) is 0 Å². The van der Waals surface area contributed by atoms with E-state index in [9.17, 15) is 4.79 Å². The van der Waals surface area contributed by atoms with Crippen LogP contribution in [0.1, 0.15) is 34.8 Å². The summed E-state index contributed by atoms with van der Waals surface area (Å²) in [5, 5.41) is 0.923. The van der Waals surface area contributed by atoms with Crippen molar-refractivity contribution in [1.29, 1.82) is 0 Å². The maximum Gasteiger partial charge on any atom is 0.162 e. The topological polar surface area (TPSA) is 54.8 Å². The fourth-order valence-corrected chi connectivity index (χ4v) is 3.44. The molecule has 0 radical (unpaired) electrons. The molecule has 5 nitrogen and oxygen atoms in total. The molecule has 0 bridgehead atoms. The highest BCUT2D eigenvalue weighted by atomic mass is 32.1. The first-order chi connectivity index (χ1) is 10.4.